The highest BCUT2D eigenvalue weighted by Crippen LogP contribution is 2.22. The van der Waals surface area contributed by atoms with Gasteiger partial charge in [0.05, 0.1) is 18.2 Å². The highest BCUT2D eigenvalue weighted by Gasteiger charge is 2.14. The van der Waals surface area contributed by atoms with Crippen molar-refractivity contribution >= 4 is 17.5 Å². The summed E-state index contributed by atoms with van der Waals surface area (Å²) in [5.74, 6) is 0.382. The second kappa shape index (κ2) is 7.32. The molecule has 1 N–H and O–H groups in total. The molecule has 1 heterocycles. The number of hydrogen-bond donors (Lipinski definition) is 1. The molecule has 0 spiro atoms. The van der Waals surface area contributed by atoms with Crippen molar-refractivity contribution in [3.8, 4) is 11.5 Å². The largest absolute Gasteiger partial charge is 0.444 e. The molecular weight excluding hydrogens is 324 g/mol. The van der Waals surface area contributed by atoms with Crippen molar-refractivity contribution in [2.24, 2.45) is 0 Å². The van der Waals surface area contributed by atoms with Gasteiger partial charge in [0.25, 0.3) is 0 Å². The predicted octanol–water partition coefficient (Wildman–Crippen LogP) is 4.41. The third-order valence-corrected chi connectivity index (χ3v) is 4.01. The first-order valence-corrected chi connectivity index (χ1v) is 8.05. The third kappa shape index (κ3) is 3.84. The van der Waals surface area contributed by atoms with Gasteiger partial charge >= 0.3 is 0 Å². The van der Waals surface area contributed by atoms with E-state index in [9.17, 15) is 4.79 Å². The third-order valence-electron chi connectivity index (χ3n) is 3.66. The molecule has 3 aromatic rings. The van der Waals surface area contributed by atoms with Gasteiger partial charge in [-0.2, -0.15) is 0 Å². The highest BCUT2D eigenvalue weighted by atomic mass is 35.5. The SMILES string of the molecule is CC(NC(=O)Cc1coc(-c2ccccc2)n1)c1ccccc1Cl. The second-order valence-electron chi connectivity index (χ2n) is 5.50. The van der Waals surface area contributed by atoms with Gasteiger partial charge in [0, 0.05) is 10.6 Å². The van der Waals surface area contributed by atoms with Gasteiger partial charge in [-0.25, -0.2) is 4.98 Å². The summed E-state index contributed by atoms with van der Waals surface area (Å²) in [6.45, 7) is 1.90. The van der Waals surface area contributed by atoms with Gasteiger partial charge in [-0.05, 0) is 30.7 Å². The minimum atomic E-state index is -0.174. The van der Waals surface area contributed by atoms with Crippen molar-refractivity contribution in [2.45, 2.75) is 19.4 Å². The number of benzene rings is 2. The Labute approximate surface area is 145 Å². The quantitative estimate of drug-likeness (QED) is 0.748. The summed E-state index contributed by atoms with van der Waals surface area (Å²) in [5, 5.41) is 3.57. The van der Waals surface area contributed by atoms with Crippen molar-refractivity contribution in [1.82, 2.24) is 10.3 Å². The number of aromatic nitrogens is 1. The van der Waals surface area contributed by atoms with E-state index >= 15 is 0 Å². The van der Waals surface area contributed by atoms with E-state index in [4.69, 9.17) is 16.0 Å². The van der Waals surface area contributed by atoms with E-state index in [1.54, 1.807) is 0 Å². The van der Waals surface area contributed by atoms with Crippen molar-refractivity contribution < 1.29 is 9.21 Å². The number of amides is 1. The molecule has 122 valence electrons. The number of oxazole rings is 1. The van der Waals surface area contributed by atoms with Gasteiger partial charge in [0.15, 0.2) is 0 Å². The maximum absolute atomic E-state index is 12.2. The van der Waals surface area contributed by atoms with E-state index in [0.29, 0.717) is 16.6 Å². The average Bonchev–Trinajstić information content (AvgIpc) is 3.04. The first-order valence-electron chi connectivity index (χ1n) is 7.67. The molecule has 0 fully saturated rings. The summed E-state index contributed by atoms with van der Waals surface area (Å²) in [6.07, 6.45) is 1.67. The molecule has 2 aromatic carbocycles. The molecule has 3 rings (SSSR count). The van der Waals surface area contributed by atoms with Gasteiger partial charge in [-0.3, -0.25) is 4.79 Å². The summed E-state index contributed by atoms with van der Waals surface area (Å²) < 4.78 is 5.45. The number of nitrogens with zero attached hydrogens (tertiary/aromatic N) is 1. The summed E-state index contributed by atoms with van der Waals surface area (Å²) in [4.78, 5) is 16.6. The number of halogens is 1. The monoisotopic (exact) mass is 340 g/mol. The lowest BCUT2D eigenvalue weighted by Gasteiger charge is -2.15. The Bertz CT molecular complexity index is 830. The van der Waals surface area contributed by atoms with Crippen LogP contribution in [0.15, 0.2) is 65.3 Å². The van der Waals surface area contributed by atoms with Crippen LogP contribution in [0.3, 0.4) is 0 Å². The Hall–Kier alpha value is -2.59. The van der Waals surface area contributed by atoms with E-state index in [0.717, 1.165) is 11.1 Å². The van der Waals surface area contributed by atoms with Crippen molar-refractivity contribution in [1.29, 1.82) is 0 Å². The molecule has 0 saturated carbocycles. The van der Waals surface area contributed by atoms with Crippen LogP contribution < -0.4 is 5.32 Å². The van der Waals surface area contributed by atoms with Gasteiger partial charge in [-0.15, -0.1) is 0 Å². The Kier molecular flexibility index (Phi) is 4.96. The number of hydrogen-bond acceptors (Lipinski definition) is 3. The molecule has 0 radical (unpaired) electrons. The summed E-state index contributed by atoms with van der Waals surface area (Å²) in [6, 6.07) is 16.9. The van der Waals surface area contributed by atoms with Crippen LogP contribution in [-0.4, -0.2) is 10.9 Å². The molecule has 4 nitrogen and oxygen atoms in total. The van der Waals surface area contributed by atoms with E-state index in [1.165, 1.54) is 6.26 Å². The Morgan fingerprint density at radius 2 is 1.88 bits per heavy atom. The van der Waals surface area contributed by atoms with Crippen LogP contribution >= 0.6 is 11.6 Å². The molecule has 1 atom stereocenters. The Balaban J connectivity index is 1.63. The van der Waals surface area contributed by atoms with E-state index in [2.05, 4.69) is 10.3 Å². The van der Waals surface area contributed by atoms with Crippen LogP contribution in [0.2, 0.25) is 5.02 Å². The molecule has 24 heavy (non-hydrogen) atoms. The minimum absolute atomic E-state index is 0.129. The normalized spacial score (nSPS) is 11.9. The summed E-state index contributed by atoms with van der Waals surface area (Å²) in [7, 11) is 0. The fraction of sp³-hybridized carbons (Fsp3) is 0.158. The van der Waals surface area contributed by atoms with Crippen LogP contribution in [0.1, 0.15) is 24.2 Å². The van der Waals surface area contributed by atoms with Gasteiger partial charge in [0.2, 0.25) is 11.8 Å². The highest BCUT2D eigenvalue weighted by molar-refractivity contribution is 6.31. The molecule has 0 aliphatic heterocycles. The minimum Gasteiger partial charge on any atom is -0.444 e. The van der Waals surface area contributed by atoms with Crippen LogP contribution in [0.4, 0.5) is 0 Å². The zero-order valence-corrected chi connectivity index (χ0v) is 14.0. The zero-order chi connectivity index (χ0) is 16.9. The number of rotatable bonds is 5. The van der Waals surface area contributed by atoms with Crippen LogP contribution in [0.5, 0.6) is 0 Å². The lowest BCUT2D eigenvalue weighted by Crippen LogP contribution is -2.28. The average molecular weight is 341 g/mol. The Morgan fingerprint density at radius 1 is 1.17 bits per heavy atom. The first kappa shape index (κ1) is 16.3. The molecule has 1 aromatic heterocycles. The lowest BCUT2D eigenvalue weighted by molar-refractivity contribution is -0.121. The van der Waals surface area contributed by atoms with Gasteiger partial charge < -0.3 is 9.73 Å². The lowest BCUT2D eigenvalue weighted by atomic mass is 10.1. The fourth-order valence-electron chi connectivity index (χ4n) is 2.46. The van der Waals surface area contributed by atoms with Gasteiger partial charge in [-0.1, -0.05) is 48.0 Å². The first-order chi connectivity index (χ1) is 11.6. The van der Waals surface area contributed by atoms with E-state index < -0.39 is 0 Å². The second-order valence-corrected chi connectivity index (χ2v) is 5.90. The zero-order valence-electron chi connectivity index (χ0n) is 13.2. The van der Waals surface area contributed by atoms with E-state index in [-0.39, 0.29) is 18.4 Å². The van der Waals surface area contributed by atoms with Crippen molar-refractivity contribution in [2.75, 3.05) is 0 Å². The smallest absolute Gasteiger partial charge is 0.226 e. The predicted molar refractivity (Wildman–Crippen MR) is 93.7 cm³/mol. The number of carbonyl (C=O) groups excluding carboxylic acids is 1. The molecular formula is C19H17ClN2O2. The summed E-state index contributed by atoms with van der Waals surface area (Å²) >= 11 is 6.16. The topological polar surface area (TPSA) is 55.1 Å². The molecule has 0 aliphatic carbocycles. The molecule has 5 heteroatoms. The van der Waals surface area contributed by atoms with E-state index in [1.807, 2.05) is 61.5 Å². The van der Waals surface area contributed by atoms with Gasteiger partial charge in [0.1, 0.15) is 6.26 Å². The number of carbonyl (C=O) groups is 1. The van der Waals surface area contributed by atoms with Crippen molar-refractivity contribution in [3.63, 3.8) is 0 Å². The maximum atomic E-state index is 12.2. The molecule has 0 bridgehead atoms. The van der Waals surface area contributed by atoms with Crippen LogP contribution in [-0.2, 0) is 11.2 Å². The molecule has 0 aliphatic rings. The molecule has 1 amide bonds. The fourth-order valence-corrected chi connectivity index (χ4v) is 2.76. The maximum Gasteiger partial charge on any atom is 0.226 e. The standard InChI is InChI=1S/C19H17ClN2O2/c1-13(16-9-5-6-10-17(16)20)21-18(23)11-15-12-24-19(22-15)14-7-3-2-4-8-14/h2-10,12-13H,11H2,1H3,(H,21,23). The molecule has 1 unspecified atom stereocenters. The van der Waals surface area contributed by atoms with Crippen LogP contribution in [0.25, 0.3) is 11.5 Å². The summed E-state index contributed by atoms with van der Waals surface area (Å²) in [5.41, 5.74) is 2.36. The Morgan fingerprint density at radius 3 is 2.62 bits per heavy atom. The molecule has 0 saturated heterocycles. The number of nitrogens with one attached hydrogen (secondary N) is 1. The van der Waals surface area contributed by atoms with Crippen molar-refractivity contribution in [3.05, 3.63) is 77.1 Å². The van der Waals surface area contributed by atoms with Crippen LogP contribution in [0, 0.1) is 0 Å².